The maximum atomic E-state index is 11.8. The predicted molar refractivity (Wildman–Crippen MR) is 64.7 cm³/mol. The van der Waals surface area contributed by atoms with Crippen LogP contribution in [0.5, 0.6) is 5.75 Å². The highest BCUT2D eigenvalue weighted by Crippen LogP contribution is 2.29. The molecule has 0 fully saturated rings. The summed E-state index contributed by atoms with van der Waals surface area (Å²) in [7, 11) is -3.48. The molecule has 4 N–H and O–H groups in total. The number of benzene rings is 1. The van der Waals surface area contributed by atoms with Gasteiger partial charge in [0.2, 0.25) is 10.0 Å². The Hall–Kier alpha value is -1.31. The third-order valence-corrected chi connectivity index (χ3v) is 3.83. The molecule has 2 rings (SSSR count). The number of hydrogen-bond acceptors (Lipinski definition) is 5. The molecule has 1 aliphatic heterocycles. The molecular weight excluding hydrogens is 242 g/mol. The van der Waals surface area contributed by atoms with Crippen molar-refractivity contribution in [2.24, 2.45) is 5.73 Å². The molecule has 1 heterocycles. The lowest BCUT2D eigenvalue weighted by atomic mass is 10.2. The van der Waals surface area contributed by atoms with Crippen molar-refractivity contribution in [3.63, 3.8) is 0 Å². The van der Waals surface area contributed by atoms with Gasteiger partial charge in [-0.15, -0.1) is 0 Å². The Morgan fingerprint density at radius 3 is 3.06 bits per heavy atom. The van der Waals surface area contributed by atoms with Crippen molar-refractivity contribution in [2.45, 2.75) is 4.90 Å². The molecule has 6 nitrogen and oxygen atoms in total. The fourth-order valence-electron chi connectivity index (χ4n) is 1.56. The lowest BCUT2D eigenvalue weighted by Gasteiger charge is -2.19. The highest BCUT2D eigenvalue weighted by molar-refractivity contribution is 7.89. The topological polar surface area (TPSA) is 93.5 Å². The zero-order valence-corrected chi connectivity index (χ0v) is 10.1. The predicted octanol–water partition coefficient (Wildman–Crippen LogP) is -0.272. The molecule has 94 valence electrons. The Kier molecular flexibility index (Phi) is 3.51. The van der Waals surface area contributed by atoms with Gasteiger partial charge in [0.1, 0.15) is 12.4 Å². The molecule has 0 radical (unpaired) electrons. The van der Waals surface area contributed by atoms with Gasteiger partial charge in [-0.2, -0.15) is 0 Å². The normalized spacial score (nSPS) is 14.6. The van der Waals surface area contributed by atoms with E-state index in [4.69, 9.17) is 10.5 Å². The van der Waals surface area contributed by atoms with Crippen LogP contribution in [0.3, 0.4) is 0 Å². The summed E-state index contributed by atoms with van der Waals surface area (Å²) in [6, 6.07) is 4.73. The summed E-state index contributed by atoms with van der Waals surface area (Å²) in [6.07, 6.45) is 0. The second-order valence-corrected chi connectivity index (χ2v) is 5.39. The first-order valence-electron chi connectivity index (χ1n) is 5.34. The molecule has 0 amide bonds. The number of fused-ring (bicyclic) bond motifs is 1. The van der Waals surface area contributed by atoms with E-state index >= 15 is 0 Å². The van der Waals surface area contributed by atoms with E-state index in [2.05, 4.69) is 10.0 Å². The lowest BCUT2D eigenvalue weighted by Crippen LogP contribution is -2.29. The highest BCUT2D eigenvalue weighted by atomic mass is 32.2. The minimum Gasteiger partial charge on any atom is -0.490 e. The number of nitrogens with one attached hydrogen (secondary N) is 2. The third kappa shape index (κ3) is 2.68. The van der Waals surface area contributed by atoms with Gasteiger partial charge in [0.15, 0.2) is 0 Å². The van der Waals surface area contributed by atoms with Crippen molar-refractivity contribution in [2.75, 3.05) is 31.6 Å². The molecule has 0 aromatic heterocycles. The third-order valence-electron chi connectivity index (χ3n) is 2.37. The van der Waals surface area contributed by atoms with E-state index in [1.165, 1.54) is 6.07 Å². The van der Waals surface area contributed by atoms with Crippen LogP contribution in [-0.2, 0) is 10.0 Å². The molecule has 7 heteroatoms. The molecule has 0 saturated heterocycles. The summed E-state index contributed by atoms with van der Waals surface area (Å²) in [5.74, 6) is 0.675. The average molecular weight is 257 g/mol. The Labute approximate surface area is 100 Å². The molecule has 1 aromatic carbocycles. The molecule has 1 aromatic rings. The molecule has 0 bridgehead atoms. The van der Waals surface area contributed by atoms with E-state index in [0.29, 0.717) is 24.6 Å². The second-order valence-electron chi connectivity index (χ2n) is 3.62. The van der Waals surface area contributed by atoms with Crippen LogP contribution in [0.2, 0.25) is 0 Å². The van der Waals surface area contributed by atoms with Crippen LogP contribution in [0.1, 0.15) is 0 Å². The van der Waals surface area contributed by atoms with Gasteiger partial charge in [0.25, 0.3) is 0 Å². The fraction of sp³-hybridized carbons (Fsp3) is 0.400. The van der Waals surface area contributed by atoms with Gasteiger partial charge >= 0.3 is 0 Å². The van der Waals surface area contributed by atoms with Crippen LogP contribution in [-0.4, -0.2) is 34.7 Å². The molecule has 1 aliphatic rings. The Bertz CT molecular complexity index is 502. The zero-order valence-electron chi connectivity index (χ0n) is 9.27. The summed E-state index contributed by atoms with van der Waals surface area (Å²) < 4.78 is 31.5. The molecule has 0 unspecified atom stereocenters. The van der Waals surface area contributed by atoms with Crippen LogP contribution >= 0.6 is 0 Å². The van der Waals surface area contributed by atoms with E-state index in [0.717, 1.165) is 0 Å². The number of sulfonamides is 1. The Balaban J connectivity index is 2.27. The van der Waals surface area contributed by atoms with Crippen molar-refractivity contribution in [1.82, 2.24) is 4.72 Å². The van der Waals surface area contributed by atoms with Crippen LogP contribution in [0.15, 0.2) is 23.1 Å². The van der Waals surface area contributed by atoms with Crippen LogP contribution < -0.4 is 20.5 Å². The van der Waals surface area contributed by atoms with E-state index in [-0.39, 0.29) is 18.0 Å². The fourth-order valence-corrected chi connectivity index (χ4v) is 2.64. The van der Waals surface area contributed by atoms with Crippen LogP contribution in [0, 0.1) is 0 Å². The lowest BCUT2D eigenvalue weighted by molar-refractivity contribution is 0.323. The minimum atomic E-state index is -3.48. The van der Waals surface area contributed by atoms with Gasteiger partial charge in [-0.3, -0.25) is 0 Å². The summed E-state index contributed by atoms with van der Waals surface area (Å²) in [4.78, 5) is 0.211. The number of ether oxygens (including phenoxy) is 1. The van der Waals surface area contributed by atoms with Crippen molar-refractivity contribution in [1.29, 1.82) is 0 Å². The largest absolute Gasteiger partial charge is 0.490 e. The number of nitrogens with two attached hydrogens (primary N) is 1. The molecule has 0 spiro atoms. The minimum absolute atomic E-state index is 0.211. The second kappa shape index (κ2) is 4.91. The Morgan fingerprint density at radius 1 is 1.47 bits per heavy atom. The van der Waals surface area contributed by atoms with Crippen molar-refractivity contribution < 1.29 is 13.2 Å². The molecule has 0 atom stereocenters. The SMILES string of the molecule is NCCNS(=O)(=O)c1ccc2c(c1)NCCO2. The van der Waals surface area contributed by atoms with Crippen molar-refractivity contribution >= 4 is 15.7 Å². The first-order chi connectivity index (χ1) is 8.13. The quantitative estimate of drug-likeness (QED) is 0.690. The van der Waals surface area contributed by atoms with E-state index < -0.39 is 10.0 Å². The molecule has 0 saturated carbocycles. The average Bonchev–Trinajstić information content (AvgIpc) is 2.36. The summed E-state index contributed by atoms with van der Waals surface area (Å²) in [5, 5.41) is 3.09. The van der Waals surface area contributed by atoms with Gasteiger partial charge in [-0.1, -0.05) is 0 Å². The molecular formula is C10H15N3O3S. The first kappa shape index (κ1) is 12.2. The maximum Gasteiger partial charge on any atom is 0.240 e. The first-order valence-corrected chi connectivity index (χ1v) is 6.82. The highest BCUT2D eigenvalue weighted by Gasteiger charge is 2.17. The number of rotatable bonds is 4. The zero-order chi connectivity index (χ0) is 12.3. The van der Waals surface area contributed by atoms with Gasteiger partial charge in [-0.05, 0) is 18.2 Å². The standard InChI is InChI=1S/C10H15N3O3S/c11-3-4-13-17(14,15)8-1-2-10-9(7-8)12-5-6-16-10/h1-2,7,12-13H,3-6,11H2. The summed E-state index contributed by atoms with van der Waals surface area (Å²) >= 11 is 0. The number of hydrogen-bond donors (Lipinski definition) is 3. The van der Waals surface area contributed by atoms with Crippen molar-refractivity contribution in [3.8, 4) is 5.75 Å². The smallest absolute Gasteiger partial charge is 0.240 e. The van der Waals surface area contributed by atoms with Gasteiger partial charge in [0, 0.05) is 19.6 Å². The van der Waals surface area contributed by atoms with Crippen LogP contribution in [0.4, 0.5) is 5.69 Å². The van der Waals surface area contributed by atoms with Crippen LogP contribution in [0.25, 0.3) is 0 Å². The monoisotopic (exact) mass is 257 g/mol. The number of anilines is 1. The van der Waals surface area contributed by atoms with E-state index in [1.54, 1.807) is 12.1 Å². The van der Waals surface area contributed by atoms with Gasteiger partial charge < -0.3 is 15.8 Å². The molecule has 0 aliphatic carbocycles. The van der Waals surface area contributed by atoms with E-state index in [9.17, 15) is 8.42 Å². The maximum absolute atomic E-state index is 11.8. The van der Waals surface area contributed by atoms with Crippen molar-refractivity contribution in [3.05, 3.63) is 18.2 Å². The summed E-state index contributed by atoms with van der Waals surface area (Å²) in [6.45, 7) is 1.76. The van der Waals surface area contributed by atoms with E-state index in [1.807, 2.05) is 0 Å². The Morgan fingerprint density at radius 2 is 2.29 bits per heavy atom. The van der Waals surface area contributed by atoms with Gasteiger partial charge in [-0.25, -0.2) is 13.1 Å². The molecule has 17 heavy (non-hydrogen) atoms. The summed E-state index contributed by atoms with van der Waals surface area (Å²) in [5.41, 5.74) is 5.97. The van der Waals surface area contributed by atoms with Gasteiger partial charge in [0.05, 0.1) is 10.6 Å².